The second-order valence-corrected chi connectivity index (χ2v) is 2.22. The van der Waals surface area contributed by atoms with Crippen molar-refractivity contribution < 1.29 is 0 Å². The van der Waals surface area contributed by atoms with E-state index in [1.165, 1.54) is 6.42 Å². The topological polar surface area (TPSA) is 0 Å². The Bertz CT molecular complexity index is 159. The summed E-state index contributed by atoms with van der Waals surface area (Å²) in [4.78, 5) is 0. The maximum Gasteiger partial charge on any atom is -0.0350 e. The standard InChI is InChI=1S/C11H16/c1-3-5-7-9-11-10-8-6-4-2/h3,5,7-11H,1,4,6H2,2H3/b7-5?,10-8-,11-9+. The Morgan fingerprint density at radius 3 is 2.27 bits per heavy atom. The maximum absolute atomic E-state index is 3.57. The molecule has 0 fully saturated rings. The average Bonchev–Trinajstić information content (AvgIpc) is 2.03. The van der Waals surface area contributed by atoms with Crippen LogP contribution in [0.15, 0.2) is 49.1 Å². The molecule has 0 heterocycles. The van der Waals surface area contributed by atoms with Crippen molar-refractivity contribution in [1.82, 2.24) is 0 Å². The van der Waals surface area contributed by atoms with E-state index in [4.69, 9.17) is 0 Å². The molecule has 0 N–H and O–H groups in total. The third kappa shape index (κ3) is 8.96. The lowest BCUT2D eigenvalue weighted by Gasteiger charge is -1.79. The molecule has 0 unspecified atom stereocenters. The zero-order valence-electron chi connectivity index (χ0n) is 7.16. The summed E-state index contributed by atoms with van der Waals surface area (Å²) in [6, 6.07) is 0. The summed E-state index contributed by atoms with van der Waals surface area (Å²) in [5.41, 5.74) is 0. The summed E-state index contributed by atoms with van der Waals surface area (Å²) in [6.45, 7) is 5.74. The van der Waals surface area contributed by atoms with Crippen molar-refractivity contribution in [3.63, 3.8) is 0 Å². The first-order valence-corrected chi connectivity index (χ1v) is 4.02. The van der Waals surface area contributed by atoms with Gasteiger partial charge in [-0.25, -0.2) is 0 Å². The Morgan fingerprint density at radius 2 is 1.64 bits per heavy atom. The Morgan fingerprint density at radius 1 is 1.00 bits per heavy atom. The van der Waals surface area contributed by atoms with Gasteiger partial charge in [-0.1, -0.05) is 62.5 Å². The Kier molecular flexibility index (Phi) is 8.11. The summed E-state index contributed by atoms with van der Waals surface area (Å²) in [7, 11) is 0. The molecule has 0 aromatic carbocycles. The second kappa shape index (κ2) is 8.96. The third-order valence-corrected chi connectivity index (χ3v) is 1.17. The smallest absolute Gasteiger partial charge is 0.0350 e. The van der Waals surface area contributed by atoms with Gasteiger partial charge in [-0.2, -0.15) is 0 Å². The summed E-state index contributed by atoms with van der Waals surface area (Å²) >= 11 is 0. The quantitative estimate of drug-likeness (QED) is 0.522. The van der Waals surface area contributed by atoms with Crippen LogP contribution in [0.3, 0.4) is 0 Å². The first-order chi connectivity index (χ1) is 5.41. The van der Waals surface area contributed by atoms with Gasteiger partial charge in [0.15, 0.2) is 0 Å². The minimum Gasteiger partial charge on any atom is -0.0991 e. The zero-order valence-corrected chi connectivity index (χ0v) is 7.16. The van der Waals surface area contributed by atoms with Gasteiger partial charge in [0, 0.05) is 0 Å². The molecule has 0 aliphatic carbocycles. The van der Waals surface area contributed by atoms with Crippen molar-refractivity contribution in [1.29, 1.82) is 0 Å². The van der Waals surface area contributed by atoms with Crippen LogP contribution >= 0.6 is 0 Å². The van der Waals surface area contributed by atoms with E-state index < -0.39 is 0 Å². The summed E-state index contributed by atoms with van der Waals surface area (Å²) in [6.07, 6.45) is 16.3. The van der Waals surface area contributed by atoms with Gasteiger partial charge in [-0.05, 0) is 6.42 Å². The molecule has 0 aromatic rings. The van der Waals surface area contributed by atoms with E-state index in [0.29, 0.717) is 0 Å². The fourth-order valence-electron chi connectivity index (χ4n) is 0.612. The lowest BCUT2D eigenvalue weighted by molar-refractivity contribution is 0.959. The van der Waals surface area contributed by atoms with Crippen molar-refractivity contribution >= 4 is 0 Å². The van der Waals surface area contributed by atoms with E-state index in [-0.39, 0.29) is 0 Å². The maximum atomic E-state index is 3.57. The van der Waals surface area contributed by atoms with Crippen LogP contribution in [0.4, 0.5) is 0 Å². The fraction of sp³-hybridized carbons (Fsp3) is 0.273. The number of hydrogen-bond donors (Lipinski definition) is 0. The van der Waals surface area contributed by atoms with Crippen molar-refractivity contribution in [3.05, 3.63) is 49.1 Å². The molecule has 0 saturated carbocycles. The largest absolute Gasteiger partial charge is 0.0991 e. The summed E-state index contributed by atoms with van der Waals surface area (Å²) in [5, 5.41) is 0. The van der Waals surface area contributed by atoms with Gasteiger partial charge < -0.3 is 0 Å². The molecule has 0 aliphatic heterocycles. The van der Waals surface area contributed by atoms with E-state index in [1.54, 1.807) is 6.08 Å². The van der Waals surface area contributed by atoms with Gasteiger partial charge in [0.25, 0.3) is 0 Å². The predicted molar refractivity (Wildman–Crippen MR) is 52.5 cm³/mol. The predicted octanol–water partition coefficient (Wildman–Crippen LogP) is 3.64. The Hall–Kier alpha value is -1.04. The van der Waals surface area contributed by atoms with Crippen molar-refractivity contribution in [3.8, 4) is 0 Å². The van der Waals surface area contributed by atoms with Crippen LogP contribution in [-0.4, -0.2) is 0 Å². The van der Waals surface area contributed by atoms with Crippen molar-refractivity contribution in [2.45, 2.75) is 19.8 Å². The van der Waals surface area contributed by atoms with Gasteiger partial charge >= 0.3 is 0 Å². The van der Waals surface area contributed by atoms with Crippen LogP contribution in [-0.2, 0) is 0 Å². The van der Waals surface area contributed by atoms with Crippen LogP contribution in [0.1, 0.15) is 19.8 Å². The van der Waals surface area contributed by atoms with E-state index in [0.717, 1.165) is 6.42 Å². The number of allylic oxidation sites excluding steroid dienone is 7. The first-order valence-electron chi connectivity index (χ1n) is 4.02. The normalized spacial score (nSPS) is 12.1. The molecule has 0 amide bonds. The van der Waals surface area contributed by atoms with Crippen LogP contribution in [0.2, 0.25) is 0 Å². The fourth-order valence-corrected chi connectivity index (χ4v) is 0.612. The number of rotatable bonds is 5. The molecule has 0 nitrogen and oxygen atoms in total. The molecular weight excluding hydrogens is 132 g/mol. The van der Waals surface area contributed by atoms with Gasteiger partial charge in [0.2, 0.25) is 0 Å². The molecule has 0 radical (unpaired) electrons. The van der Waals surface area contributed by atoms with E-state index in [9.17, 15) is 0 Å². The van der Waals surface area contributed by atoms with Gasteiger partial charge in [0.1, 0.15) is 0 Å². The molecule has 0 rings (SSSR count). The van der Waals surface area contributed by atoms with Crippen LogP contribution < -0.4 is 0 Å². The summed E-state index contributed by atoms with van der Waals surface area (Å²) in [5.74, 6) is 0. The highest BCUT2D eigenvalue weighted by Crippen LogP contribution is 1.88. The molecule has 0 atom stereocenters. The SMILES string of the molecule is C=CC=C/C=C/C=C\CCC. The van der Waals surface area contributed by atoms with E-state index in [1.807, 2.05) is 24.3 Å². The van der Waals surface area contributed by atoms with Crippen molar-refractivity contribution in [2.24, 2.45) is 0 Å². The molecule has 0 saturated heterocycles. The lowest BCUT2D eigenvalue weighted by Crippen LogP contribution is -1.58. The molecule has 0 bridgehead atoms. The van der Waals surface area contributed by atoms with Crippen LogP contribution in [0, 0.1) is 0 Å². The number of hydrogen-bond acceptors (Lipinski definition) is 0. The highest BCUT2D eigenvalue weighted by atomic mass is 13.7. The van der Waals surface area contributed by atoms with Crippen molar-refractivity contribution in [2.75, 3.05) is 0 Å². The monoisotopic (exact) mass is 148 g/mol. The minimum absolute atomic E-state index is 1.16. The lowest BCUT2D eigenvalue weighted by atomic mass is 10.3. The Labute approximate surface area is 69.6 Å². The molecule has 60 valence electrons. The molecule has 11 heavy (non-hydrogen) atoms. The molecule has 0 heteroatoms. The van der Waals surface area contributed by atoms with Crippen LogP contribution in [0.25, 0.3) is 0 Å². The van der Waals surface area contributed by atoms with Gasteiger partial charge in [-0.3, -0.25) is 0 Å². The second-order valence-electron chi connectivity index (χ2n) is 2.22. The highest BCUT2D eigenvalue weighted by molar-refractivity contribution is 5.14. The first kappa shape index (κ1) is 9.96. The third-order valence-electron chi connectivity index (χ3n) is 1.17. The van der Waals surface area contributed by atoms with Crippen LogP contribution in [0.5, 0.6) is 0 Å². The molecule has 0 spiro atoms. The highest BCUT2D eigenvalue weighted by Gasteiger charge is 1.68. The zero-order chi connectivity index (χ0) is 8.36. The average molecular weight is 148 g/mol. The van der Waals surface area contributed by atoms with Gasteiger partial charge in [0.05, 0.1) is 0 Å². The minimum atomic E-state index is 1.16. The number of unbranched alkanes of at least 4 members (excludes halogenated alkanes) is 1. The van der Waals surface area contributed by atoms with E-state index >= 15 is 0 Å². The summed E-state index contributed by atoms with van der Waals surface area (Å²) < 4.78 is 0. The molecular formula is C11H16. The molecule has 0 aliphatic rings. The van der Waals surface area contributed by atoms with Gasteiger partial charge in [-0.15, -0.1) is 0 Å². The van der Waals surface area contributed by atoms with E-state index in [2.05, 4.69) is 25.7 Å². The Balaban J connectivity index is 3.42. The molecule has 0 aromatic heterocycles.